The summed E-state index contributed by atoms with van der Waals surface area (Å²) in [5, 5.41) is 4.58. The average Bonchev–Trinajstić information content (AvgIpc) is 3.54. The Labute approximate surface area is 304 Å². The maximum Gasteiger partial charge on any atom is 0.351 e. The molecule has 23 heteroatoms. The van der Waals surface area contributed by atoms with Gasteiger partial charge in [0.1, 0.15) is 37.1 Å². The van der Waals surface area contributed by atoms with E-state index in [0.29, 0.717) is 0 Å². The molecule has 2 N–H and O–H groups in total. The number of ether oxygens (including phenoxy) is 8. The number of rotatable bonds is 12. The Balaban J connectivity index is 1.50. The minimum absolute atomic E-state index is 0.281. The molecule has 0 radical (unpaired) electrons. The van der Waals surface area contributed by atoms with E-state index in [2.05, 4.69) is 20.6 Å². The van der Waals surface area contributed by atoms with Crippen molar-refractivity contribution in [2.45, 2.75) is 90.6 Å². The maximum atomic E-state index is 13.1. The van der Waals surface area contributed by atoms with E-state index in [-0.39, 0.29) is 11.6 Å². The predicted molar refractivity (Wildman–Crippen MR) is 173 cm³/mol. The van der Waals surface area contributed by atoms with Crippen LogP contribution in [0.5, 0.6) is 0 Å². The summed E-state index contributed by atoms with van der Waals surface area (Å²) in [5.41, 5.74) is -2.02. The summed E-state index contributed by atoms with van der Waals surface area (Å²) in [6, 6.07) is 1.36. The van der Waals surface area contributed by atoms with E-state index in [1.54, 1.807) is 0 Å². The summed E-state index contributed by atoms with van der Waals surface area (Å²) in [7, 11) is 0. The van der Waals surface area contributed by atoms with Gasteiger partial charge in [0.15, 0.2) is 36.9 Å². The fourth-order valence-electron chi connectivity index (χ4n) is 5.45. The molecule has 2 aliphatic heterocycles. The number of amides is 2. The van der Waals surface area contributed by atoms with Crippen LogP contribution < -0.4 is 22.0 Å². The predicted octanol–water partition coefficient (Wildman–Crippen LogP) is -0.908. The quantitative estimate of drug-likeness (QED) is 0.195. The lowest BCUT2D eigenvalue weighted by molar-refractivity contribution is -0.166. The van der Waals surface area contributed by atoms with E-state index in [1.807, 2.05) is 0 Å². The van der Waals surface area contributed by atoms with Crippen molar-refractivity contribution in [3.8, 4) is 0 Å². The molecule has 8 atom stereocenters. The van der Waals surface area contributed by atoms with Crippen LogP contribution in [-0.4, -0.2) is 111 Å². The van der Waals surface area contributed by atoms with E-state index in [0.717, 1.165) is 63.1 Å². The first-order valence-corrected chi connectivity index (χ1v) is 16.0. The topological polar surface area (TPSA) is 287 Å². The molecule has 0 bridgehead atoms. The average molecular weight is 765 g/mol. The summed E-state index contributed by atoms with van der Waals surface area (Å²) in [4.78, 5) is 117. The molecule has 0 saturated carbocycles. The Morgan fingerprint density at radius 1 is 0.574 bits per heavy atom. The molecule has 23 nitrogen and oxygen atoms in total. The van der Waals surface area contributed by atoms with E-state index < -0.39 is 116 Å². The Morgan fingerprint density at radius 2 is 0.907 bits per heavy atom. The Bertz CT molecular complexity index is 1780. The normalized spacial score (nSPS) is 24.4. The van der Waals surface area contributed by atoms with Gasteiger partial charge in [0.2, 0.25) is 0 Å². The van der Waals surface area contributed by atoms with E-state index >= 15 is 0 Å². The molecule has 0 spiro atoms. The first-order valence-electron chi connectivity index (χ1n) is 16.0. The van der Waals surface area contributed by atoms with Gasteiger partial charge in [-0.05, 0) is 12.1 Å². The monoisotopic (exact) mass is 764 g/mol. The van der Waals surface area contributed by atoms with E-state index in [1.165, 1.54) is 12.1 Å². The Kier molecular flexibility index (Phi) is 13.2. The van der Waals surface area contributed by atoms with Crippen LogP contribution in [0, 0.1) is 0 Å². The van der Waals surface area contributed by atoms with Gasteiger partial charge in [0.05, 0.1) is 0 Å². The van der Waals surface area contributed by atoms with Gasteiger partial charge in [-0.2, -0.15) is 9.97 Å². The highest BCUT2D eigenvalue weighted by Gasteiger charge is 2.52. The van der Waals surface area contributed by atoms with Crippen LogP contribution in [-0.2, 0) is 66.7 Å². The van der Waals surface area contributed by atoms with Gasteiger partial charge in [-0.3, -0.25) is 48.5 Å². The zero-order valence-corrected chi connectivity index (χ0v) is 29.6. The van der Waals surface area contributed by atoms with Crippen molar-refractivity contribution in [1.29, 1.82) is 0 Å². The van der Waals surface area contributed by atoms with Crippen molar-refractivity contribution in [1.82, 2.24) is 19.1 Å². The molecule has 54 heavy (non-hydrogen) atoms. The number of nitrogens with one attached hydrogen (secondary N) is 2. The number of hydrogen-bond donors (Lipinski definition) is 2. The van der Waals surface area contributed by atoms with E-state index in [4.69, 9.17) is 37.9 Å². The van der Waals surface area contributed by atoms with Crippen LogP contribution in [0.1, 0.15) is 54.0 Å². The summed E-state index contributed by atoms with van der Waals surface area (Å²) in [6.07, 6.45) is -8.09. The third-order valence-corrected chi connectivity index (χ3v) is 7.37. The lowest BCUT2D eigenvalue weighted by Crippen LogP contribution is -2.42. The highest BCUT2D eigenvalue weighted by atomic mass is 16.7. The Morgan fingerprint density at radius 3 is 1.20 bits per heavy atom. The number of hydrogen-bond acceptors (Lipinski definition) is 19. The largest absolute Gasteiger partial charge is 0.463 e. The maximum absolute atomic E-state index is 13.1. The summed E-state index contributed by atoms with van der Waals surface area (Å²) < 4.78 is 44.6. The molecule has 2 fully saturated rings. The number of aromatic nitrogens is 4. The lowest BCUT2D eigenvalue weighted by Gasteiger charge is -2.24. The molecule has 2 aromatic rings. The zero-order chi connectivity index (χ0) is 39.9. The molecule has 0 aliphatic carbocycles. The lowest BCUT2D eigenvalue weighted by atomic mass is 10.1. The molecular weight excluding hydrogens is 728 g/mol. The van der Waals surface area contributed by atoms with E-state index in [9.17, 15) is 43.2 Å². The van der Waals surface area contributed by atoms with Gasteiger partial charge in [0, 0.05) is 53.9 Å². The molecule has 2 amide bonds. The summed E-state index contributed by atoms with van der Waals surface area (Å²) >= 11 is 0. The third-order valence-electron chi connectivity index (χ3n) is 7.37. The third kappa shape index (κ3) is 10.4. The summed E-state index contributed by atoms with van der Waals surface area (Å²) in [6.45, 7) is 5.81. The highest BCUT2D eigenvalue weighted by molar-refractivity contribution is 5.98. The summed E-state index contributed by atoms with van der Waals surface area (Å²) in [5.74, 6) is -5.05. The smallest absolute Gasteiger partial charge is 0.351 e. The van der Waals surface area contributed by atoms with Crippen LogP contribution in [0.2, 0.25) is 0 Å². The van der Waals surface area contributed by atoms with Gasteiger partial charge in [-0.1, -0.05) is 0 Å². The van der Waals surface area contributed by atoms with Crippen LogP contribution in [0.15, 0.2) is 34.1 Å². The second-order valence-electron chi connectivity index (χ2n) is 11.6. The highest BCUT2D eigenvalue weighted by Crippen LogP contribution is 2.35. The number of carbonyl (C=O) groups is 7. The fourth-order valence-corrected chi connectivity index (χ4v) is 5.45. The molecule has 2 aliphatic rings. The minimum atomic E-state index is -1.40. The zero-order valence-electron chi connectivity index (χ0n) is 29.6. The molecule has 0 aromatic carbocycles. The molecule has 4 rings (SSSR count). The van der Waals surface area contributed by atoms with Crippen molar-refractivity contribution in [3.05, 3.63) is 45.5 Å². The molecular formula is C31H36N6O17. The molecule has 2 aromatic heterocycles. The van der Waals surface area contributed by atoms with Crippen LogP contribution >= 0.6 is 0 Å². The van der Waals surface area contributed by atoms with Crippen molar-refractivity contribution in [2.75, 3.05) is 23.8 Å². The Hall–Kier alpha value is -6.23. The van der Waals surface area contributed by atoms with Gasteiger partial charge in [0.25, 0.3) is 0 Å². The van der Waals surface area contributed by atoms with Crippen molar-refractivity contribution in [3.63, 3.8) is 0 Å². The van der Waals surface area contributed by atoms with Gasteiger partial charge in [-0.25, -0.2) is 14.4 Å². The second-order valence-corrected chi connectivity index (χ2v) is 11.6. The number of carbonyl (C=O) groups excluding carboxylic acids is 7. The fraction of sp³-hybridized carbons (Fsp3) is 0.516. The number of nitrogens with zero attached hydrogens (tertiary/aromatic N) is 4. The first kappa shape index (κ1) is 40.5. The van der Waals surface area contributed by atoms with Crippen LogP contribution in [0.4, 0.5) is 16.4 Å². The van der Waals surface area contributed by atoms with Gasteiger partial charge < -0.3 is 37.9 Å². The van der Waals surface area contributed by atoms with Crippen molar-refractivity contribution in [2.24, 2.45) is 0 Å². The molecule has 8 unspecified atom stereocenters. The second kappa shape index (κ2) is 17.5. The SMILES string of the molecule is CC(=O)OCC1OC(n2ccc(NC(=O)Nc3ccn(C4OC(COC(C)=O)C(OC(C)=O)C4OC(C)=O)c(=O)n3)nc2=O)C(OC(C)=O)C1OC(C)=O. The van der Waals surface area contributed by atoms with Crippen molar-refractivity contribution < 1.29 is 71.5 Å². The van der Waals surface area contributed by atoms with Crippen LogP contribution in [0.25, 0.3) is 0 Å². The number of esters is 6. The van der Waals surface area contributed by atoms with Gasteiger partial charge in [-0.15, -0.1) is 0 Å². The van der Waals surface area contributed by atoms with Crippen LogP contribution in [0.3, 0.4) is 0 Å². The molecule has 4 heterocycles. The molecule has 292 valence electrons. The van der Waals surface area contributed by atoms with Gasteiger partial charge >= 0.3 is 53.2 Å². The number of urea groups is 1. The molecule has 2 saturated heterocycles. The first-order chi connectivity index (χ1) is 25.4. The minimum Gasteiger partial charge on any atom is -0.463 e. The standard InChI is InChI=1S/C31H36N6O17/c1-13(38)47-11-19-23(49-15(3)40)25(51-17(5)42)27(53-19)36-9-7-21(34-30(36)45)32-29(44)33-22-8-10-37(31(46)35-22)28-26(52-18(6)43)24(50-16(4)41)20(54-28)12-48-14(2)39/h7-10,19-20,23-28H,11-12H2,1-6H3,(H2,32,33,34,35,44,45,46). The number of anilines is 2. The van der Waals surface area contributed by atoms with Crippen molar-refractivity contribution >= 4 is 53.5 Å².